The van der Waals surface area contributed by atoms with Gasteiger partial charge in [-0.05, 0) is 37.3 Å². The Morgan fingerprint density at radius 3 is 2.75 bits per heavy atom. The van der Waals surface area contributed by atoms with Crippen molar-refractivity contribution < 1.29 is 8.42 Å². The standard InChI is InChI=1S/C15H24N2O2S/c1-13-6-5-10-16-15(13)12-17-20(18,19)11-9-14-7-3-2-4-8-14/h2-4,7-8,13,15-17H,5-6,9-12H2,1H3. The van der Waals surface area contributed by atoms with Crippen LogP contribution >= 0.6 is 0 Å². The fourth-order valence-electron chi connectivity index (χ4n) is 2.57. The predicted octanol–water partition coefficient (Wildman–Crippen LogP) is 1.54. The Hall–Kier alpha value is -0.910. The lowest BCUT2D eigenvalue weighted by Crippen LogP contribution is -2.48. The Morgan fingerprint density at radius 2 is 2.05 bits per heavy atom. The highest BCUT2D eigenvalue weighted by Crippen LogP contribution is 2.15. The molecule has 2 atom stereocenters. The molecule has 1 fully saturated rings. The molecule has 2 N–H and O–H groups in total. The molecule has 5 heteroatoms. The summed E-state index contributed by atoms with van der Waals surface area (Å²) >= 11 is 0. The first-order chi connectivity index (χ1) is 9.57. The zero-order valence-electron chi connectivity index (χ0n) is 12.0. The van der Waals surface area contributed by atoms with Gasteiger partial charge in [0.05, 0.1) is 5.75 Å². The van der Waals surface area contributed by atoms with E-state index in [1.165, 1.54) is 12.8 Å². The van der Waals surface area contributed by atoms with Gasteiger partial charge in [-0.1, -0.05) is 37.3 Å². The molecular weight excluding hydrogens is 272 g/mol. The second-order valence-electron chi connectivity index (χ2n) is 5.58. The molecule has 4 nitrogen and oxygen atoms in total. The van der Waals surface area contributed by atoms with Gasteiger partial charge in [-0.15, -0.1) is 0 Å². The second-order valence-corrected chi connectivity index (χ2v) is 7.51. The lowest BCUT2D eigenvalue weighted by molar-refractivity contribution is 0.300. The van der Waals surface area contributed by atoms with Crippen molar-refractivity contribution in [3.8, 4) is 0 Å². The van der Waals surface area contributed by atoms with E-state index >= 15 is 0 Å². The van der Waals surface area contributed by atoms with Gasteiger partial charge >= 0.3 is 0 Å². The van der Waals surface area contributed by atoms with Crippen LogP contribution in [-0.4, -0.2) is 33.3 Å². The maximum Gasteiger partial charge on any atom is 0.211 e. The molecule has 0 aliphatic carbocycles. The minimum absolute atomic E-state index is 0.151. The largest absolute Gasteiger partial charge is 0.312 e. The monoisotopic (exact) mass is 296 g/mol. The average Bonchev–Trinajstić information content (AvgIpc) is 2.46. The number of sulfonamides is 1. The van der Waals surface area contributed by atoms with Crippen LogP contribution in [0.4, 0.5) is 0 Å². The van der Waals surface area contributed by atoms with E-state index in [0.29, 0.717) is 18.9 Å². The van der Waals surface area contributed by atoms with Crippen LogP contribution in [0.15, 0.2) is 30.3 Å². The summed E-state index contributed by atoms with van der Waals surface area (Å²) in [4.78, 5) is 0. The van der Waals surface area contributed by atoms with E-state index < -0.39 is 10.0 Å². The summed E-state index contributed by atoms with van der Waals surface area (Å²) in [6, 6.07) is 9.98. The Bertz CT molecular complexity index is 502. The van der Waals surface area contributed by atoms with Crippen molar-refractivity contribution in [2.24, 2.45) is 5.92 Å². The summed E-state index contributed by atoms with van der Waals surface area (Å²) in [5.74, 6) is 0.679. The second kappa shape index (κ2) is 7.20. The van der Waals surface area contributed by atoms with Crippen LogP contribution in [0.25, 0.3) is 0 Å². The highest BCUT2D eigenvalue weighted by atomic mass is 32.2. The van der Waals surface area contributed by atoms with Crippen molar-refractivity contribution >= 4 is 10.0 Å². The van der Waals surface area contributed by atoms with Crippen molar-refractivity contribution in [3.63, 3.8) is 0 Å². The van der Waals surface area contributed by atoms with E-state index in [1.54, 1.807) is 0 Å². The molecule has 2 rings (SSSR count). The molecule has 112 valence electrons. The van der Waals surface area contributed by atoms with Gasteiger partial charge in [0.2, 0.25) is 10.0 Å². The van der Waals surface area contributed by atoms with Crippen molar-refractivity contribution in [1.82, 2.24) is 10.0 Å². The Labute approximate surface area is 122 Å². The van der Waals surface area contributed by atoms with Crippen molar-refractivity contribution in [1.29, 1.82) is 0 Å². The highest BCUT2D eigenvalue weighted by molar-refractivity contribution is 7.89. The number of hydrogen-bond donors (Lipinski definition) is 2. The molecule has 1 heterocycles. The molecule has 20 heavy (non-hydrogen) atoms. The Morgan fingerprint density at radius 1 is 1.30 bits per heavy atom. The van der Waals surface area contributed by atoms with Gasteiger partial charge in [-0.2, -0.15) is 0 Å². The number of hydrogen-bond acceptors (Lipinski definition) is 3. The SMILES string of the molecule is CC1CCCNC1CNS(=O)(=O)CCc1ccccc1. The maximum atomic E-state index is 12.0. The lowest BCUT2D eigenvalue weighted by Gasteiger charge is -2.30. The minimum Gasteiger partial charge on any atom is -0.312 e. The van der Waals surface area contributed by atoms with E-state index in [-0.39, 0.29) is 11.8 Å². The van der Waals surface area contributed by atoms with Gasteiger partial charge in [0.1, 0.15) is 0 Å². The molecule has 0 radical (unpaired) electrons. The number of piperidine rings is 1. The third-order valence-corrected chi connectivity index (χ3v) is 5.30. The molecular formula is C15H24N2O2S. The van der Waals surface area contributed by atoms with Crippen LogP contribution < -0.4 is 10.0 Å². The Kier molecular flexibility index (Phi) is 5.57. The molecule has 0 aromatic heterocycles. The fraction of sp³-hybridized carbons (Fsp3) is 0.600. The van der Waals surface area contributed by atoms with Gasteiger partial charge in [0, 0.05) is 12.6 Å². The smallest absolute Gasteiger partial charge is 0.211 e. The third-order valence-electron chi connectivity index (χ3n) is 3.96. The van der Waals surface area contributed by atoms with Gasteiger partial charge in [-0.3, -0.25) is 0 Å². The summed E-state index contributed by atoms with van der Waals surface area (Å²) in [6.45, 7) is 3.66. The molecule has 1 aliphatic heterocycles. The summed E-state index contributed by atoms with van der Waals surface area (Å²) in [5.41, 5.74) is 1.06. The number of aryl methyl sites for hydroxylation is 1. The van der Waals surface area contributed by atoms with Gasteiger partial charge in [0.25, 0.3) is 0 Å². The van der Waals surface area contributed by atoms with E-state index in [0.717, 1.165) is 12.1 Å². The molecule has 0 amide bonds. The fourth-order valence-corrected chi connectivity index (χ4v) is 3.66. The number of nitrogens with one attached hydrogen (secondary N) is 2. The first-order valence-corrected chi connectivity index (χ1v) is 8.97. The highest BCUT2D eigenvalue weighted by Gasteiger charge is 2.22. The zero-order chi connectivity index (χ0) is 14.4. The summed E-state index contributed by atoms with van der Waals surface area (Å²) in [7, 11) is -3.19. The molecule has 1 aliphatic rings. The normalized spacial score (nSPS) is 23.6. The summed E-state index contributed by atoms with van der Waals surface area (Å²) in [5, 5.41) is 3.39. The molecule has 2 unspecified atom stereocenters. The first-order valence-electron chi connectivity index (χ1n) is 7.31. The molecule has 0 saturated carbocycles. The van der Waals surface area contributed by atoms with E-state index in [9.17, 15) is 8.42 Å². The van der Waals surface area contributed by atoms with Crippen molar-refractivity contribution in [3.05, 3.63) is 35.9 Å². The van der Waals surface area contributed by atoms with Crippen LogP contribution in [0.5, 0.6) is 0 Å². The van der Waals surface area contributed by atoms with E-state index in [4.69, 9.17) is 0 Å². The molecule has 0 bridgehead atoms. The van der Waals surface area contributed by atoms with Crippen LogP contribution in [0.3, 0.4) is 0 Å². The third kappa shape index (κ3) is 4.89. The van der Waals surface area contributed by atoms with E-state index in [1.807, 2.05) is 30.3 Å². The summed E-state index contributed by atoms with van der Waals surface area (Å²) in [6.07, 6.45) is 2.91. The topological polar surface area (TPSA) is 58.2 Å². The van der Waals surface area contributed by atoms with Crippen LogP contribution in [0, 0.1) is 5.92 Å². The molecule has 1 aromatic carbocycles. The van der Waals surface area contributed by atoms with Crippen LogP contribution in [-0.2, 0) is 16.4 Å². The van der Waals surface area contributed by atoms with E-state index in [2.05, 4.69) is 17.0 Å². The number of rotatable bonds is 6. The van der Waals surface area contributed by atoms with Crippen molar-refractivity contribution in [2.45, 2.75) is 32.2 Å². The van der Waals surface area contributed by atoms with Crippen LogP contribution in [0.1, 0.15) is 25.3 Å². The van der Waals surface area contributed by atoms with Crippen molar-refractivity contribution in [2.75, 3.05) is 18.8 Å². The zero-order valence-corrected chi connectivity index (χ0v) is 12.8. The average molecular weight is 296 g/mol. The van der Waals surface area contributed by atoms with Crippen LogP contribution in [0.2, 0.25) is 0 Å². The van der Waals surface area contributed by atoms with Gasteiger partial charge in [0.15, 0.2) is 0 Å². The molecule has 1 aromatic rings. The molecule has 0 spiro atoms. The Balaban J connectivity index is 1.79. The van der Waals surface area contributed by atoms with Gasteiger partial charge < -0.3 is 5.32 Å². The summed E-state index contributed by atoms with van der Waals surface area (Å²) < 4.78 is 26.8. The lowest BCUT2D eigenvalue weighted by atomic mass is 9.93. The number of benzene rings is 1. The quantitative estimate of drug-likeness (QED) is 0.837. The minimum atomic E-state index is -3.19. The maximum absolute atomic E-state index is 12.0. The van der Waals surface area contributed by atoms with Gasteiger partial charge in [-0.25, -0.2) is 13.1 Å². The molecule has 1 saturated heterocycles. The first kappa shape index (κ1) is 15.5. The predicted molar refractivity (Wildman–Crippen MR) is 82.1 cm³/mol.